The highest BCUT2D eigenvalue weighted by molar-refractivity contribution is 9.10. The van der Waals surface area contributed by atoms with Crippen molar-refractivity contribution >= 4 is 27.5 Å². The number of amides is 1. The first-order chi connectivity index (χ1) is 9.06. The van der Waals surface area contributed by atoms with Gasteiger partial charge >= 0.3 is 0 Å². The van der Waals surface area contributed by atoms with E-state index in [0.717, 1.165) is 17.6 Å². The molecule has 3 N–H and O–H groups in total. The van der Waals surface area contributed by atoms with Gasteiger partial charge in [-0.25, -0.2) is 0 Å². The van der Waals surface area contributed by atoms with Crippen LogP contribution in [0.5, 0.6) is 0 Å². The van der Waals surface area contributed by atoms with E-state index in [2.05, 4.69) is 26.1 Å². The average Bonchev–Trinajstić information content (AvgIpc) is 2.36. The monoisotopic (exact) mass is 327 g/mol. The molecule has 1 atom stereocenters. The summed E-state index contributed by atoms with van der Waals surface area (Å²) in [6, 6.07) is 5.23. The minimum absolute atomic E-state index is 0.0411. The molecule has 0 aromatic heterocycles. The number of hydrogen-bond donors (Lipinski definition) is 2. The zero-order valence-electron chi connectivity index (χ0n) is 10.9. The van der Waals surface area contributed by atoms with Gasteiger partial charge in [-0.1, -0.05) is 15.9 Å². The molecule has 0 radical (unpaired) electrons. The fourth-order valence-corrected chi connectivity index (χ4v) is 2.41. The molecule has 104 valence electrons. The topological polar surface area (TPSA) is 67.6 Å². The van der Waals surface area contributed by atoms with Crippen LogP contribution in [-0.2, 0) is 4.74 Å². The largest absolute Gasteiger partial charge is 0.398 e. The molecule has 1 amide bonds. The summed E-state index contributed by atoms with van der Waals surface area (Å²) in [7, 11) is 2.05. The maximum atomic E-state index is 12.0. The summed E-state index contributed by atoms with van der Waals surface area (Å²) >= 11 is 3.32. The minimum atomic E-state index is -0.165. The molecular formula is C13H18BrN3O2. The van der Waals surface area contributed by atoms with Crippen LogP contribution in [0.15, 0.2) is 22.7 Å². The van der Waals surface area contributed by atoms with E-state index in [4.69, 9.17) is 10.5 Å². The highest BCUT2D eigenvalue weighted by Crippen LogP contribution is 2.18. The van der Waals surface area contributed by atoms with Gasteiger partial charge in [0.2, 0.25) is 0 Å². The fourth-order valence-electron chi connectivity index (χ4n) is 2.03. The number of anilines is 1. The maximum Gasteiger partial charge on any atom is 0.253 e. The molecule has 1 aliphatic rings. The van der Waals surface area contributed by atoms with Crippen molar-refractivity contribution in [2.75, 3.05) is 39.0 Å². The Labute approximate surface area is 121 Å². The van der Waals surface area contributed by atoms with Crippen LogP contribution in [0.2, 0.25) is 0 Å². The Morgan fingerprint density at radius 2 is 2.42 bits per heavy atom. The summed E-state index contributed by atoms with van der Waals surface area (Å²) in [6.45, 7) is 2.97. The Morgan fingerprint density at radius 1 is 1.63 bits per heavy atom. The second-order valence-electron chi connectivity index (χ2n) is 4.70. The molecular weight excluding hydrogens is 310 g/mol. The number of morpholine rings is 1. The highest BCUT2D eigenvalue weighted by atomic mass is 79.9. The Morgan fingerprint density at radius 3 is 3.11 bits per heavy atom. The van der Waals surface area contributed by atoms with Crippen molar-refractivity contribution in [3.63, 3.8) is 0 Å². The predicted molar refractivity (Wildman–Crippen MR) is 78.1 cm³/mol. The Balaban J connectivity index is 1.90. The fraction of sp³-hybridized carbons (Fsp3) is 0.462. The lowest BCUT2D eigenvalue weighted by molar-refractivity contribution is -0.0174. The minimum Gasteiger partial charge on any atom is -0.398 e. The molecule has 6 heteroatoms. The normalized spacial score (nSPS) is 20.2. The van der Waals surface area contributed by atoms with Gasteiger partial charge in [-0.3, -0.25) is 4.79 Å². The highest BCUT2D eigenvalue weighted by Gasteiger charge is 2.19. The summed E-state index contributed by atoms with van der Waals surface area (Å²) in [5, 5.41) is 2.86. The van der Waals surface area contributed by atoms with Crippen LogP contribution in [-0.4, -0.2) is 50.2 Å². The molecule has 1 fully saturated rings. The average molecular weight is 328 g/mol. The number of hydrogen-bond acceptors (Lipinski definition) is 4. The first kappa shape index (κ1) is 14.3. The molecule has 1 aromatic carbocycles. The second-order valence-corrected chi connectivity index (χ2v) is 5.61. The number of likely N-dealkylation sites (N-methyl/N-ethyl adjacent to an activating group) is 1. The van der Waals surface area contributed by atoms with Crippen molar-refractivity contribution in [1.82, 2.24) is 10.2 Å². The van der Waals surface area contributed by atoms with Crippen molar-refractivity contribution in [3.05, 3.63) is 28.2 Å². The van der Waals surface area contributed by atoms with E-state index in [1.165, 1.54) is 0 Å². The molecule has 0 spiro atoms. The van der Waals surface area contributed by atoms with Crippen LogP contribution in [0.4, 0.5) is 5.69 Å². The number of benzene rings is 1. The lowest BCUT2D eigenvalue weighted by Gasteiger charge is -2.30. The van der Waals surface area contributed by atoms with Crippen LogP contribution in [0.1, 0.15) is 10.4 Å². The molecule has 1 heterocycles. The van der Waals surface area contributed by atoms with Gasteiger partial charge in [0.1, 0.15) is 0 Å². The second kappa shape index (κ2) is 6.36. The van der Waals surface area contributed by atoms with E-state index in [1.807, 2.05) is 7.05 Å². The summed E-state index contributed by atoms with van der Waals surface area (Å²) < 4.78 is 6.45. The first-order valence-electron chi connectivity index (χ1n) is 6.19. The van der Waals surface area contributed by atoms with E-state index in [9.17, 15) is 4.79 Å². The third-order valence-corrected chi connectivity index (χ3v) is 3.58. The molecule has 1 aromatic rings. The van der Waals surface area contributed by atoms with Gasteiger partial charge in [-0.15, -0.1) is 0 Å². The first-order valence-corrected chi connectivity index (χ1v) is 6.99. The van der Waals surface area contributed by atoms with E-state index >= 15 is 0 Å². The van der Waals surface area contributed by atoms with E-state index in [0.29, 0.717) is 24.4 Å². The number of nitrogen functional groups attached to an aromatic ring is 1. The van der Waals surface area contributed by atoms with Crippen LogP contribution in [0.3, 0.4) is 0 Å². The van der Waals surface area contributed by atoms with E-state index in [-0.39, 0.29) is 12.0 Å². The SMILES string of the molecule is CN1CCOC(CNC(=O)c2ccc(Br)cc2N)C1. The molecule has 1 saturated heterocycles. The Hall–Kier alpha value is -1.11. The molecule has 0 aliphatic carbocycles. The standard InChI is InChI=1S/C13H18BrN3O2/c1-17-4-5-19-10(8-17)7-16-13(18)11-3-2-9(14)6-12(11)15/h2-3,6,10H,4-5,7-8,15H2,1H3,(H,16,18). The molecule has 0 bridgehead atoms. The van der Waals surface area contributed by atoms with Gasteiger partial charge in [0.05, 0.1) is 18.3 Å². The third kappa shape index (κ3) is 3.92. The number of nitrogens with one attached hydrogen (secondary N) is 1. The summed E-state index contributed by atoms with van der Waals surface area (Å²) in [6.07, 6.45) is 0.0411. The Bertz CT molecular complexity index is 467. The summed E-state index contributed by atoms with van der Waals surface area (Å²) in [4.78, 5) is 14.2. The van der Waals surface area contributed by atoms with Crippen molar-refractivity contribution in [3.8, 4) is 0 Å². The number of nitrogens with two attached hydrogens (primary N) is 1. The van der Waals surface area contributed by atoms with Gasteiger partial charge in [0.25, 0.3) is 5.91 Å². The number of nitrogens with zero attached hydrogens (tertiary/aromatic N) is 1. The van der Waals surface area contributed by atoms with E-state index in [1.54, 1.807) is 18.2 Å². The maximum absolute atomic E-state index is 12.0. The van der Waals surface area contributed by atoms with Crippen molar-refractivity contribution in [2.45, 2.75) is 6.10 Å². The van der Waals surface area contributed by atoms with Crippen LogP contribution in [0.25, 0.3) is 0 Å². The van der Waals surface area contributed by atoms with Gasteiger partial charge in [-0.05, 0) is 25.2 Å². The summed E-state index contributed by atoms with van der Waals surface area (Å²) in [5.41, 5.74) is 6.78. The molecule has 19 heavy (non-hydrogen) atoms. The van der Waals surface area contributed by atoms with Crippen molar-refractivity contribution in [1.29, 1.82) is 0 Å². The van der Waals surface area contributed by atoms with E-state index < -0.39 is 0 Å². The Kier molecular flexibility index (Phi) is 4.79. The molecule has 0 saturated carbocycles. The molecule has 2 rings (SSSR count). The van der Waals surface area contributed by atoms with Crippen molar-refractivity contribution in [2.24, 2.45) is 0 Å². The van der Waals surface area contributed by atoms with Gasteiger partial charge < -0.3 is 20.7 Å². The van der Waals surface area contributed by atoms with Crippen LogP contribution in [0, 0.1) is 0 Å². The zero-order chi connectivity index (χ0) is 13.8. The van der Waals surface area contributed by atoms with Crippen LogP contribution >= 0.6 is 15.9 Å². The van der Waals surface area contributed by atoms with Crippen LogP contribution < -0.4 is 11.1 Å². The number of carbonyl (C=O) groups excluding carboxylic acids is 1. The van der Waals surface area contributed by atoms with Gasteiger partial charge in [0, 0.05) is 29.8 Å². The lowest BCUT2D eigenvalue weighted by atomic mass is 10.1. The zero-order valence-corrected chi connectivity index (χ0v) is 12.4. The number of carbonyl (C=O) groups is 1. The third-order valence-electron chi connectivity index (χ3n) is 3.09. The predicted octanol–water partition coefficient (Wildman–Crippen LogP) is 1.09. The van der Waals surface area contributed by atoms with Gasteiger partial charge in [-0.2, -0.15) is 0 Å². The summed E-state index contributed by atoms with van der Waals surface area (Å²) in [5.74, 6) is -0.165. The lowest BCUT2D eigenvalue weighted by Crippen LogP contribution is -2.46. The quantitative estimate of drug-likeness (QED) is 0.815. The smallest absolute Gasteiger partial charge is 0.253 e. The number of ether oxygens (including phenoxy) is 1. The number of rotatable bonds is 3. The number of halogens is 1. The van der Waals surface area contributed by atoms with Crippen molar-refractivity contribution < 1.29 is 9.53 Å². The molecule has 1 unspecified atom stereocenters. The molecule has 1 aliphatic heterocycles. The molecule has 5 nitrogen and oxygen atoms in total. The van der Waals surface area contributed by atoms with Gasteiger partial charge in [0.15, 0.2) is 0 Å².